The van der Waals surface area contributed by atoms with Crippen LogP contribution in [0.5, 0.6) is 0 Å². The quantitative estimate of drug-likeness (QED) is 0.447. The second kappa shape index (κ2) is 6.76. The first kappa shape index (κ1) is 14.3. The van der Waals surface area contributed by atoms with Crippen LogP contribution in [0, 0.1) is 0 Å². The number of primary sulfonamides is 1. The molecular weight excluding hydrogens is 220 g/mol. The first-order chi connectivity index (χ1) is 6.90. The number of ether oxygens (including phenoxy) is 1. The Morgan fingerprint density at radius 3 is 2.53 bits per heavy atom. The molecule has 0 aromatic heterocycles. The van der Waals surface area contributed by atoms with Gasteiger partial charge in [-0.05, 0) is 19.4 Å². The molecule has 0 aliphatic carbocycles. The fraction of sp³-hybridized carbons (Fsp3) is 0.875. The van der Waals surface area contributed by atoms with E-state index in [9.17, 15) is 13.2 Å². The number of hydrogen-bond donors (Lipinski definition) is 2. The molecule has 0 amide bonds. The Hall–Kier alpha value is -0.660. The van der Waals surface area contributed by atoms with Gasteiger partial charge in [0, 0.05) is 0 Å². The van der Waals surface area contributed by atoms with Crippen LogP contribution in [-0.4, -0.2) is 39.8 Å². The third-order valence-corrected chi connectivity index (χ3v) is 2.75. The average molecular weight is 238 g/mol. The van der Waals surface area contributed by atoms with Gasteiger partial charge in [0.15, 0.2) is 0 Å². The monoisotopic (exact) mass is 238 g/mol. The standard InChI is InChI=1S/C8H18N2O4S/c1-3-7(8(11)14-2)10-5-4-6-15(9,12)13/h7,10H,3-6H2,1-2H3,(H2,9,12,13). The van der Waals surface area contributed by atoms with Crippen LogP contribution in [0.2, 0.25) is 0 Å². The Morgan fingerprint density at radius 2 is 2.13 bits per heavy atom. The summed E-state index contributed by atoms with van der Waals surface area (Å²) in [5, 5.41) is 7.72. The van der Waals surface area contributed by atoms with E-state index in [-0.39, 0.29) is 17.8 Å². The van der Waals surface area contributed by atoms with Gasteiger partial charge in [0.1, 0.15) is 6.04 Å². The van der Waals surface area contributed by atoms with E-state index in [1.807, 2.05) is 6.92 Å². The molecule has 0 spiro atoms. The molecule has 0 aromatic rings. The predicted octanol–water partition coefficient (Wildman–Crippen LogP) is -0.794. The van der Waals surface area contributed by atoms with Gasteiger partial charge in [-0.1, -0.05) is 6.92 Å². The highest BCUT2D eigenvalue weighted by atomic mass is 32.2. The van der Waals surface area contributed by atoms with E-state index in [1.54, 1.807) is 0 Å². The second-order valence-corrected chi connectivity index (χ2v) is 4.89. The summed E-state index contributed by atoms with van der Waals surface area (Å²) in [6.45, 7) is 2.26. The van der Waals surface area contributed by atoms with Gasteiger partial charge in [-0.3, -0.25) is 4.79 Å². The Bertz CT molecular complexity index is 289. The molecule has 6 nitrogen and oxygen atoms in total. The molecule has 0 aliphatic heterocycles. The molecule has 7 heteroatoms. The molecule has 1 atom stereocenters. The third kappa shape index (κ3) is 7.29. The maximum Gasteiger partial charge on any atom is 0.322 e. The molecule has 90 valence electrons. The van der Waals surface area contributed by atoms with Crippen molar-refractivity contribution in [2.45, 2.75) is 25.8 Å². The van der Waals surface area contributed by atoms with Crippen LogP contribution in [0.25, 0.3) is 0 Å². The number of sulfonamides is 1. The lowest BCUT2D eigenvalue weighted by Gasteiger charge is -2.13. The summed E-state index contributed by atoms with van der Waals surface area (Å²) < 4.78 is 25.7. The Balaban J connectivity index is 3.78. The molecule has 3 N–H and O–H groups in total. The molecule has 0 rings (SSSR count). The van der Waals surface area contributed by atoms with Gasteiger partial charge in [-0.25, -0.2) is 13.6 Å². The van der Waals surface area contributed by atoms with Crippen LogP contribution in [-0.2, 0) is 19.6 Å². The summed E-state index contributed by atoms with van der Waals surface area (Å²) >= 11 is 0. The van der Waals surface area contributed by atoms with Crippen LogP contribution in [0.1, 0.15) is 19.8 Å². The van der Waals surface area contributed by atoms with Gasteiger partial charge in [0.25, 0.3) is 0 Å². The summed E-state index contributed by atoms with van der Waals surface area (Å²) in [5.74, 6) is -0.425. The third-order valence-electron chi connectivity index (χ3n) is 1.89. The molecule has 0 radical (unpaired) electrons. The van der Waals surface area contributed by atoms with Crippen LogP contribution in [0.4, 0.5) is 0 Å². The maximum atomic E-state index is 11.1. The van der Waals surface area contributed by atoms with Gasteiger partial charge in [0.2, 0.25) is 10.0 Å². The summed E-state index contributed by atoms with van der Waals surface area (Å²) in [7, 11) is -2.09. The second-order valence-electron chi connectivity index (χ2n) is 3.16. The van der Waals surface area contributed by atoms with Gasteiger partial charge in [-0.15, -0.1) is 0 Å². The molecule has 0 aliphatic rings. The van der Waals surface area contributed by atoms with E-state index in [4.69, 9.17) is 5.14 Å². The van der Waals surface area contributed by atoms with Crippen molar-refractivity contribution in [1.29, 1.82) is 0 Å². The van der Waals surface area contributed by atoms with Crippen LogP contribution < -0.4 is 10.5 Å². The molecular formula is C8H18N2O4S. The van der Waals surface area contributed by atoms with E-state index < -0.39 is 10.0 Å². The Morgan fingerprint density at radius 1 is 1.53 bits per heavy atom. The summed E-state index contributed by atoms with van der Waals surface area (Å²) in [4.78, 5) is 11.1. The van der Waals surface area contributed by atoms with E-state index in [2.05, 4.69) is 10.1 Å². The highest BCUT2D eigenvalue weighted by Crippen LogP contribution is 1.94. The van der Waals surface area contributed by atoms with Crippen molar-refractivity contribution in [2.75, 3.05) is 19.4 Å². The number of nitrogens with one attached hydrogen (secondary N) is 1. The van der Waals surface area contributed by atoms with Gasteiger partial charge in [-0.2, -0.15) is 0 Å². The van der Waals surface area contributed by atoms with Gasteiger partial charge < -0.3 is 10.1 Å². The number of carbonyl (C=O) groups excluding carboxylic acids is 1. The van der Waals surface area contributed by atoms with E-state index in [0.717, 1.165) is 0 Å². The molecule has 0 fully saturated rings. The topological polar surface area (TPSA) is 98.5 Å². The van der Waals surface area contributed by atoms with Crippen molar-refractivity contribution in [3.05, 3.63) is 0 Å². The van der Waals surface area contributed by atoms with Crippen LogP contribution in [0.3, 0.4) is 0 Å². The minimum absolute atomic E-state index is 0.0857. The number of carbonyl (C=O) groups is 1. The molecule has 0 heterocycles. The maximum absolute atomic E-state index is 11.1. The summed E-state index contributed by atoms with van der Waals surface area (Å²) in [6, 6.07) is -0.379. The first-order valence-corrected chi connectivity index (χ1v) is 6.44. The predicted molar refractivity (Wildman–Crippen MR) is 56.7 cm³/mol. The van der Waals surface area contributed by atoms with E-state index in [0.29, 0.717) is 19.4 Å². The molecule has 15 heavy (non-hydrogen) atoms. The normalized spacial score (nSPS) is 13.5. The highest BCUT2D eigenvalue weighted by molar-refractivity contribution is 7.89. The Labute approximate surface area is 90.2 Å². The minimum Gasteiger partial charge on any atom is -0.468 e. The fourth-order valence-corrected chi connectivity index (χ4v) is 1.63. The average Bonchev–Trinajstić information content (AvgIpc) is 2.15. The highest BCUT2D eigenvalue weighted by Gasteiger charge is 2.15. The lowest BCUT2D eigenvalue weighted by Crippen LogP contribution is -2.38. The van der Waals surface area contributed by atoms with Crippen molar-refractivity contribution >= 4 is 16.0 Å². The minimum atomic E-state index is -3.41. The molecule has 0 saturated carbocycles. The number of hydrogen-bond acceptors (Lipinski definition) is 5. The number of esters is 1. The number of nitrogens with two attached hydrogens (primary N) is 1. The zero-order valence-corrected chi connectivity index (χ0v) is 9.84. The summed E-state index contributed by atoms with van der Waals surface area (Å²) in [6.07, 6.45) is 0.981. The Kier molecular flexibility index (Phi) is 6.46. The summed E-state index contributed by atoms with van der Waals surface area (Å²) in [5.41, 5.74) is 0. The number of methoxy groups -OCH3 is 1. The molecule has 0 saturated heterocycles. The van der Waals surface area contributed by atoms with Crippen LogP contribution in [0.15, 0.2) is 0 Å². The molecule has 0 aromatic carbocycles. The largest absolute Gasteiger partial charge is 0.468 e. The van der Waals surface area contributed by atoms with Crippen molar-refractivity contribution in [3.63, 3.8) is 0 Å². The SMILES string of the molecule is CCC(NCCCS(N)(=O)=O)C(=O)OC. The van der Waals surface area contributed by atoms with Crippen molar-refractivity contribution in [1.82, 2.24) is 5.32 Å². The van der Waals surface area contributed by atoms with Crippen molar-refractivity contribution < 1.29 is 17.9 Å². The van der Waals surface area contributed by atoms with Crippen LogP contribution >= 0.6 is 0 Å². The van der Waals surface area contributed by atoms with Crippen molar-refractivity contribution in [2.24, 2.45) is 5.14 Å². The fourth-order valence-electron chi connectivity index (χ4n) is 1.09. The lowest BCUT2D eigenvalue weighted by molar-refractivity contribution is -0.143. The van der Waals surface area contributed by atoms with Gasteiger partial charge >= 0.3 is 5.97 Å². The van der Waals surface area contributed by atoms with Gasteiger partial charge in [0.05, 0.1) is 12.9 Å². The lowest BCUT2D eigenvalue weighted by atomic mass is 10.2. The van der Waals surface area contributed by atoms with Crippen molar-refractivity contribution in [3.8, 4) is 0 Å². The number of rotatable bonds is 7. The smallest absolute Gasteiger partial charge is 0.322 e. The molecule has 0 bridgehead atoms. The zero-order chi connectivity index (χ0) is 11.9. The van der Waals surface area contributed by atoms with E-state index in [1.165, 1.54) is 7.11 Å². The first-order valence-electron chi connectivity index (χ1n) is 4.72. The zero-order valence-electron chi connectivity index (χ0n) is 9.02. The molecule has 1 unspecified atom stereocenters. The van der Waals surface area contributed by atoms with E-state index >= 15 is 0 Å².